The summed E-state index contributed by atoms with van der Waals surface area (Å²) in [6.45, 7) is 1.32. The van der Waals surface area contributed by atoms with E-state index < -0.39 is 10.0 Å². The van der Waals surface area contributed by atoms with Crippen LogP contribution < -0.4 is 5.73 Å². The predicted octanol–water partition coefficient (Wildman–Crippen LogP) is 2.82. The lowest BCUT2D eigenvalue weighted by Gasteiger charge is -2.26. The number of ether oxygens (including phenoxy) is 1. The van der Waals surface area contributed by atoms with Gasteiger partial charge in [0.05, 0.1) is 30.1 Å². The summed E-state index contributed by atoms with van der Waals surface area (Å²) in [6.07, 6.45) is 1.49. The number of aromatic nitrogens is 1. The summed E-state index contributed by atoms with van der Waals surface area (Å²) in [5.41, 5.74) is 5.90. The van der Waals surface area contributed by atoms with Crippen molar-refractivity contribution in [1.82, 2.24) is 9.29 Å². The van der Waals surface area contributed by atoms with Gasteiger partial charge < -0.3 is 10.5 Å². The minimum Gasteiger partial charge on any atom is -0.379 e. The second-order valence-electron chi connectivity index (χ2n) is 4.87. The zero-order chi connectivity index (χ0) is 17.2. The first kappa shape index (κ1) is 17.2. The van der Waals surface area contributed by atoms with Crippen LogP contribution >= 0.6 is 22.9 Å². The molecule has 0 saturated carbocycles. The van der Waals surface area contributed by atoms with Crippen LogP contribution in [-0.2, 0) is 14.8 Å². The Balaban J connectivity index is 1.89. The Morgan fingerprint density at radius 3 is 2.71 bits per heavy atom. The van der Waals surface area contributed by atoms with Gasteiger partial charge in [-0.15, -0.1) is 10.2 Å². The molecule has 0 spiro atoms. The number of nitrogens with zero attached hydrogens (tertiary/aromatic N) is 4. The van der Waals surface area contributed by atoms with Crippen LogP contribution in [0.3, 0.4) is 0 Å². The molecule has 8 nitrogen and oxygen atoms in total. The fourth-order valence-electron chi connectivity index (χ4n) is 2.11. The SMILES string of the molecule is Nc1ncc(N=Nc2ccc(Cl)c(S(=O)(=O)N3CCOCC3)c2)s1. The molecule has 2 heterocycles. The average Bonchev–Trinajstić information content (AvgIpc) is 3.00. The van der Waals surface area contributed by atoms with Gasteiger partial charge in [-0.05, 0) is 18.2 Å². The number of thiazole rings is 1. The first-order chi connectivity index (χ1) is 11.5. The number of hydrogen-bond acceptors (Lipinski definition) is 8. The van der Waals surface area contributed by atoms with Gasteiger partial charge in [0, 0.05) is 13.1 Å². The standard InChI is InChI=1S/C13H14ClN5O3S2/c14-10-2-1-9(17-18-12-8-16-13(15)23-12)7-11(10)24(20,21)19-3-5-22-6-4-19/h1-2,7-8H,3-6H2,(H2,15,16). The van der Waals surface area contributed by atoms with Crippen LogP contribution in [0, 0.1) is 0 Å². The molecule has 1 aromatic carbocycles. The van der Waals surface area contributed by atoms with Crippen LogP contribution in [-0.4, -0.2) is 44.0 Å². The van der Waals surface area contributed by atoms with Crippen molar-refractivity contribution in [2.24, 2.45) is 10.2 Å². The Bertz CT molecular complexity index is 862. The molecule has 11 heteroatoms. The normalized spacial score (nSPS) is 16.7. The predicted molar refractivity (Wildman–Crippen MR) is 91.7 cm³/mol. The smallest absolute Gasteiger partial charge is 0.244 e. The molecular formula is C13H14ClN5O3S2. The first-order valence-corrected chi connectivity index (χ1v) is 9.61. The highest BCUT2D eigenvalue weighted by Gasteiger charge is 2.28. The summed E-state index contributed by atoms with van der Waals surface area (Å²) >= 11 is 7.27. The van der Waals surface area contributed by atoms with Gasteiger partial charge in [0.15, 0.2) is 10.1 Å². The van der Waals surface area contributed by atoms with Crippen molar-refractivity contribution in [3.8, 4) is 0 Å². The zero-order valence-corrected chi connectivity index (χ0v) is 14.8. The third kappa shape index (κ3) is 3.73. The van der Waals surface area contributed by atoms with Crippen molar-refractivity contribution in [3.05, 3.63) is 29.4 Å². The minimum absolute atomic E-state index is 0.00587. The molecule has 1 aliphatic heterocycles. The topological polar surface area (TPSA) is 110 Å². The van der Waals surface area contributed by atoms with Gasteiger partial charge in [0.2, 0.25) is 10.0 Å². The van der Waals surface area contributed by atoms with E-state index in [-0.39, 0.29) is 9.92 Å². The maximum absolute atomic E-state index is 12.7. The molecule has 0 amide bonds. The van der Waals surface area contributed by atoms with Gasteiger partial charge in [-0.1, -0.05) is 22.9 Å². The molecular weight excluding hydrogens is 374 g/mol. The minimum atomic E-state index is -3.70. The Kier molecular flexibility index (Phi) is 5.11. The number of halogens is 1. The molecule has 128 valence electrons. The van der Waals surface area contributed by atoms with Crippen LogP contribution in [0.4, 0.5) is 15.8 Å². The highest BCUT2D eigenvalue weighted by Crippen LogP contribution is 2.31. The van der Waals surface area contributed by atoms with Gasteiger partial charge in [0.25, 0.3) is 0 Å². The van der Waals surface area contributed by atoms with Crippen LogP contribution in [0.5, 0.6) is 0 Å². The molecule has 1 aliphatic rings. The molecule has 0 unspecified atom stereocenters. The maximum atomic E-state index is 12.7. The maximum Gasteiger partial charge on any atom is 0.244 e. The molecule has 0 bridgehead atoms. The summed E-state index contributed by atoms with van der Waals surface area (Å²) in [5, 5.41) is 9.07. The zero-order valence-electron chi connectivity index (χ0n) is 12.4. The van der Waals surface area contributed by atoms with Gasteiger partial charge in [-0.2, -0.15) is 4.31 Å². The lowest BCUT2D eigenvalue weighted by Crippen LogP contribution is -2.40. The number of hydrogen-bond donors (Lipinski definition) is 1. The Labute approximate surface area is 148 Å². The first-order valence-electron chi connectivity index (χ1n) is 6.97. The van der Waals surface area contributed by atoms with Crippen molar-refractivity contribution in [3.63, 3.8) is 0 Å². The lowest BCUT2D eigenvalue weighted by atomic mass is 10.3. The number of nitrogen functional groups attached to an aromatic ring is 1. The van der Waals surface area contributed by atoms with E-state index in [0.717, 1.165) is 0 Å². The molecule has 1 aromatic heterocycles. The molecule has 24 heavy (non-hydrogen) atoms. The van der Waals surface area contributed by atoms with Gasteiger partial charge in [-0.3, -0.25) is 0 Å². The molecule has 2 N–H and O–H groups in total. The molecule has 1 saturated heterocycles. The molecule has 1 fully saturated rings. The van der Waals surface area contributed by atoms with Crippen molar-refractivity contribution < 1.29 is 13.2 Å². The lowest BCUT2D eigenvalue weighted by molar-refractivity contribution is 0.0730. The third-order valence-corrected chi connectivity index (χ3v) is 6.37. The van der Waals surface area contributed by atoms with E-state index in [1.165, 1.54) is 34.0 Å². The number of rotatable bonds is 4. The van der Waals surface area contributed by atoms with Crippen LogP contribution in [0.1, 0.15) is 0 Å². The second-order valence-corrected chi connectivity index (χ2v) is 8.22. The molecule has 0 radical (unpaired) electrons. The van der Waals surface area contributed by atoms with E-state index in [9.17, 15) is 8.42 Å². The Morgan fingerprint density at radius 1 is 1.29 bits per heavy atom. The molecule has 0 aliphatic carbocycles. The number of sulfonamides is 1. The molecule has 2 aromatic rings. The van der Waals surface area contributed by atoms with Crippen LogP contribution in [0.2, 0.25) is 5.02 Å². The van der Waals surface area contributed by atoms with Gasteiger partial charge >= 0.3 is 0 Å². The Morgan fingerprint density at radius 2 is 2.04 bits per heavy atom. The summed E-state index contributed by atoms with van der Waals surface area (Å²) in [5.74, 6) is 0. The average molecular weight is 388 g/mol. The molecule has 3 rings (SSSR count). The summed E-state index contributed by atoms with van der Waals surface area (Å²) < 4.78 is 32.0. The van der Waals surface area contributed by atoms with Crippen molar-refractivity contribution in [1.29, 1.82) is 0 Å². The summed E-state index contributed by atoms with van der Waals surface area (Å²) in [4.78, 5) is 3.87. The van der Waals surface area contributed by atoms with Crippen LogP contribution in [0.15, 0.2) is 39.5 Å². The van der Waals surface area contributed by atoms with Crippen LogP contribution in [0.25, 0.3) is 0 Å². The third-order valence-electron chi connectivity index (χ3n) is 3.28. The summed E-state index contributed by atoms with van der Waals surface area (Å²) in [6, 6.07) is 4.49. The fraction of sp³-hybridized carbons (Fsp3) is 0.308. The molecule has 0 atom stereocenters. The van der Waals surface area contributed by atoms with E-state index in [1.54, 1.807) is 6.07 Å². The van der Waals surface area contributed by atoms with E-state index in [1.807, 2.05) is 0 Å². The Hall–Kier alpha value is -1.59. The van der Waals surface area contributed by atoms with E-state index in [0.29, 0.717) is 42.1 Å². The number of nitrogens with two attached hydrogens (primary N) is 1. The highest BCUT2D eigenvalue weighted by molar-refractivity contribution is 7.89. The second kappa shape index (κ2) is 7.11. The van der Waals surface area contributed by atoms with Gasteiger partial charge in [-0.25, -0.2) is 13.4 Å². The van der Waals surface area contributed by atoms with E-state index in [2.05, 4.69) is 15.2 Å². The summed E-state index contributed by atoms with van der Waals surface area (Å²) in [7, 11) is -3.70. The van der Waals surface area contributed by atoms with Crippen molar-refractivity contribution >= 4 is 48.8 Å². The van der Waals surface area contributed by atoms with Gasteiger partial charge in [0.1, 0.15) is 4.90 Å². The number of anilines is 1. The number of azo groups is 1. The quantitative estimate of drug-likeness (QED) is 0.811. The largest absolute Gasteiger partial charge is 0.379 e. The van der Waals surface area contributed by atoms with Crippen molar-refractivity contribution in [2.75, 3.05) is 32.0 Å². The highest BCUT2D eigenvalue weighted by atomic mass is 35.5. The van der Waals surface area contributed by atoms with Crippen molar-refractivity contribution in [2.45, 2.75) is 4.90 Å². The monoisotopic (exact) mass is 387 g/mol. The van der Waals surface area contributed by atoms with E-state index >= 15 is 0 Å². The number of benzene rings is 1. The fourth-order valence-corrected chi connectivity index (χ4v) is 4.52. The number of morpholine rings is 1. The van der Waals surface area contributed by atoms with E-state index in [4.69, 9.17) is 22.1 Å².